The molecule has 2 aromatic rings. The van der Waals surface area contributed by atoms with E-state index in [0.717, 1.165) is 12.8 Å². The van der Waals surface area contributed by atoms with Crippen LogP contribution >= 0.6 is 0 Å². The first kappa shape index (κ1) is 19.9. The molecular weight excluding hydrogens is 388 g/mol. The van der Waals surface area contributed by atoms with Crippen LogP contribution in [0.5, 0.6) is 5.75 Å². The molecule has 154 valence electrons. The van der Waals surface area contributed by atoms with Gasteiger partial charge in [0, 0.05) is 13.1 Å². The predicted octanol–water partition coefficient (Wildman–Crippen LogP) is 2.91. The first-order valence-electron chi connectivity index (χ1n) is 10.0. The molecule has 1 unspecified atom stereocenters. The van der Waals surface area contributed by atoms with E-state index in [9.17, 15) is 13.2 Å². The van der Waals surface area contributed by atoms with E-state index in [1.807, 2.05) is 24.3 Å². The lowest BCUT2D eigenvalue weighted by Crippen LogP contribution is -2.41. The molecule has 1 amide bonds. The van der Waals surface area contributed by atoms with Crippen LogP contribution in [0.1, 0.15) is 46.8 Å². The zero-order chi connectivity index (χ0) is 20.4. The lowest BCUT2D eigenvalue weighted by Gasteiger charge is -2.30. The van der Waals surface area contributed by atoms with Gasteiger partial charge in [-0.3, -0.25) is 4.79 Å². The van der Waals surface area contributed by atoms with Crippen molar-refractivity contribution in [3.05, 3.63) is 65.2 Å². The number of amides is 1. The van der Waals surface area contributed by atoms with Crippen molar-refractivity contribution in [2.24, 2.45) is 0 Å². The molecule has 7 heteroatoms. The fourth-order valence-electron chi connectivity index (χ4n) is 4.16. The molecule has 2 aromatic carbocycles. The number of piperidine rings is 1. The number of hydrogen-bond donors (Lipinski definition) is 1. The fourth-order valence-corrected chi connectivity index (χ4v) is 5.04. The van der Waals surface area contributed by atoms with Crippen molar-refractivity contribution in [3.8, 4) is 5.75 Å². The van der Waals surface area contributed by atoms with Crippen LogP contribution < -0.4 is 10.1 Å². The van der Waals surface area contributed by atoms with Crippen LogP contribution in [-0.2, 0) is 16.4 Å². The smallest absolute Gasteiger partial charge is 0.255 e. The average molecular weight is 415 g/mol. The lowest BCUT2D eigenvalue weighted by molar-refractivity contribution is 0.0922. The van der Waals surface area contributed by atoms with Gasteiger partial charge in [-0.05, 0) is 48.9 Å². The van der Waals surface area contributed by atoms with Crippen molar-refractivity contribution in [1.29, 1.82) is 0 Å². The van der Waals surface area contributed by atoms with Crippen molar-refractivity contribution in [1.82, 2.24) is 9.62 Å². The molecule has 6 nitrogen and oxygen atoms in total. The van der Waals surface area contributed by atoms with Crippen molar-refractivity contribution >= 4 is 15.9 Å². The number of carbonyl (C=O) groups excluding carboxylic acids is 1. The Morgan fingerprint density at radius 2 is 1.72 bits per heavy atom. The second kappa shape index (κ2) is 8.16. The van der Waals surface area contributed by atoms with Crippen LogP contribution in [0.15, 0.2) is 48.5 Å². The summed E-state index contributed by atoms with van der Waals surface area (Å²) in [5, 5.41) is 3.15. The minimum Gasteiger partial charge on any atom is -0.489 e. The van der Waals surface area contributed by atoms with E-state index in [4.69, 9.17) is 4.74 Å². The van der Waals surface area contributed by atoms with Gasteiger partial charge in [0.25, 0.3) is 5.91 Å². The van der Waals surface area contributed by atoms with Gasteiger partial charge in [0.1, 0.15) is 11.9 Å². The van der Waals surface area contributed by atoms with Crippen LogP contribution in [0, 0.1) is 0 Å². The molecule has 0 bridgehead atoms. The quantitative estimate of drug-likeness (QED) is 0.816. The maximum atomic E-state index is 13.0. The van der Waals surface area contributed by atoms with Gasteiger partial charge in [0.15, 0.2) is 0 Å². The SMILES string of the molecule is CS(=O)(=O)N1CCC(Oc2ccccc2C(=O)NC2CCc3ccccc32)CC1. The number of carbonyl (C=O) groups is 1. The molecule has 1 heterocycles. The summed E-state index contributed by atoms with van der Waals surface area (Å²) >= 11 is 0. The lowest BCUT2D eigenvalue weighted by atomic mass is 10.1. The molecular formula is C22H26N2O4S. The maximum Gasteiger partial charge on any atom is 0.255 e. The molecule has 0 saturated carbocycles. The van der Waals surface area contributed by atoms with E-state index in [0.29, 0.717) is 37.2 Å². The van der Waals surface area contributed by atoms with Gasteiger partial charge >= 0.3 is 0 Å². The molecule has 4 rings (SSSR count). The van der Waals surface area contributed by atoms with E-state index in [1.165, 1.54) is 21.7 Å². The van der Waals surface area contributed by atoms with Crippen LogP contribution in [0.4, 0.5) is 0 Å². The van der Waals surface area contributed by atoms with Crippen LogP contribution in [0.2, 0.25) is 0 Å². The van der Waals surface area contributed by atoms with Crippen molar-refractivity contribution in [3.63, 3.8) is 0 Å². The number of nitrogens with zero attached hydrogens (tertiary/aromatic N) is 1. The summed E-state index contributed by atoms with van der Waals surface area (Å²) in [6.45, 7) is 0.882. The van der Waals surface area contributed by atoms with Gasteiger partial charge < -0.3 is 10.1 Å². The molecule has 1 atom stereocenters. The van der Waals surface area contributed by atoms with Crippen molar-refractivity contribution < 1.29 is 17.9 Å². The number of sulfonamides is 1. The highest BCUT2D eigenvalue weighted by atomic mass is 32.2. The van der Waals surface area contributed by atoms with Crippen LogP contribution in [0.3, 0.4) is 0 Å². The number of hydrogen-bond acceptors (Lipinski definition) is 4. The van der Waals surface area contributed by atoms with E-state index < -0.39 is 10.0 Å². The summed E-state index contributed by atoms with van der Waals surface area (Å²) in [6.07, 6.45) is 4.22. The minimum absolute atomic E-state index is 0.0183. The largest absolute Gasteiger partial charge is 0.489 e. The molecule has 0 spiro atoms. The van der Waals surface area contributed by atoms with Gasteiger partial charge in [-0.25, -0.2) is 12.7 Å². The number of ether oxygens (including phenoxy) is 1. The molecule has 1 aliphatic heterocycles. The number of benzene rings is 2. The molecule has 29 heavy (non-hydrogen) atoms. The Bertz CT molecular complexity index is 997. The molecule has 2 aliphatic rings. The Labute approximate surface area is 171 Å². The van der Waals surface area contributed by atoms with Crippen LogP contribution in [0.25, 0.3) is 0 Å². The monoisotopic (exact) mass is 414 g/mol. The predicted molar refractivity (Wildman–Crippen MR) is 111 cm³/mol. The van der Waals surface area contributed by atoms with E-state index >= 15 is 0 Å². The van der Waals surface area contributed by atoms with Gasteiger partial charge in [-0.15, -0.1) is 0 Å². The first-order chi connectivity index (χ1) is 13.9. The second-order valence-electron chi connectivity index (χ2n) is 7.74. The number of aryl methyl sites for hydroxylation is 1. The third-order valence-corrected chi connectivity index (χ3v) is 7.04. The number of rotatable bonds is 5. The Balaban J connectivity index is 1.43. The highest BCUT2D eigenvalue weighted by molar-refractivity contribution is 7.88. The topological polar surface area (TPSA) is 75.7 Å². The number of fused-ring (bicyclic) bond motifs is 1. The number of nitrogens with one attached hydrogen (secondary N) is 1. The Morgan fingerprint density at radius 1 is 1.03 bits per heavy atom. The van der Waals surface area contributed by atoms with E-state index in [2.05, 4.69) is 17.4 Å². The van der Waals surface area contributed by atoms with Crippen molar-refractivity contribution in [2.45, 2.75) is 37.8 Å². The average Bonchev–Trinajstić information content (AvgIpc) is 3.11. The van der Waals surface area contributed by atoms with Gasteiger partial charge in [0.2, 0.25) is 10.0 Å². The zero-order valence-corrected chi connectivity index (χ0v) is 17.3. The Hall–Kier alpha value is -2.38. The van der Waals surface area contributed by atoms with E-state index in [1.54, 1.807) is 12.1 Å². The fraction of sp³-hybridized carbons (Fsp3) is 0.409. The Kier molecular flexibility index (Phi) is 5.61. The third-order valence-electron chi connectivity index (χ3n) is 5.73. The summed E-state index contributed by atoms with van der Waals surface area (Å²) in [7, 11) is -3.17. The van der Waals surface area contributed by atoms with Gasteiger partial charge in [0.05, 0.1) is 17.9 Å². The Morgan fingerprint density at radius 3 is 2.48 bits per heavy atom. The van der Waals surface area contributed by atoms with Gasteiger partial charge in [-0.2, -0.15) is 0 Å². The van der Waals surface area contributed by atoms with Crippen molar-refractivity contribution in [2.75, 3.05) is 19.3 Å². The highest BCUT2D eigenvalue weighted by Crippen LogP contribution is 2.32. The summed E-state index contributed by atoms with van der Waals surface area (Å²) in [5.41, 5.74) is 3.00. The molecule has 1 N–H and O–H groups in total. The van der Waals surface area contributed by atoms with Crippen LogP contribution in [-0.4, -0.2) is 44.1 Å². The summed E-state index contributed by atoms with van der Waals surface area (Å²) in [5.74, 6) is 0.407. The molecule has 0 radical (unpaired) electrons. The second-order valence-corrected chi connectivity index (χ2v) is 9.72. The van der Waals surface area contributed by atoms with E-state index in [-0.39, 0.29) is 18.1 Å². The third kappa shape index (κ3) is 4.46. The first-order valence-corrected chi connectivity index (χ1v) is 11.9. The zero-order valence-electron chi connectivity index (χ0n) is 16.5. The molecule has 1 saturated heterocycles. The van der Waals surface area contributed by atoms with Gasteiger partial charge in [-0.1, -0.05) is 36.4 Å². The number of para-hydroxylation sites is 1. The standard InChI is InChI=1S/C22H26N2O4S/c1-29(26,27)24-14-12-17(13-15-24)28-21-9-5-4-8-19(21)22(25)23-20-11-10-16-6-2-3-7-18(16)20/h2-9,17,20H,10-15H2,1H3,(H,23,25). The normalized spacial score (nSPS) is 20.2. The molecule has 0 aromatic heterocycles. The minimum atomic E-state index is -3.17. The summed E-state index contributed by atoms with van der Waals surface area (Å²) in [6, 6.07) is 15.5. The maximum absolute atomic E-state index is 13.0. The molecule has 1 fully saturated rings. The molecule has 1 aliphatic carbocycles. The highest BCUT2D eigenvalue weighted by Gasteiger charge is 2.28. The summed E-state index contributed by atoms with van der Waals surface area (Å²) < 4.78 is 31.0. The summed E-state index contributed by atoms with van der Waals surface area (Å²) in [4.78, 5) is 13.0.